The first-order chi connectivity index (χ1) is 8.20. The Kier molecular flexibility index (Phi) is 5.94. The maximum absolute atomic E-state index is 5.33. The van der Waals surface area contributed by atoms with Gasteiger partial charge in [-0.2, -0.15) is 0 Å². The van der Waals surface area contributed by atoms with Gasteiger partial charge in [0, 0.05) is 31.8 Å². The first-order valence-electron chi connectivity index (χ1n) is 5.92. The number of nitrogens with zero attached hydrogens (tertiary/aromatic N) is 1. The lowest BCUT2D eigenvalue weighted by Crippen LogP contribution is -2.33. The van der Waals surface area contributed by atoms with Gasteiger partial charge in [0.1, 0.15) is 5.75 Å². The molecule has 1 N–H and O–H groups in total. The van der Waals surface area contributed by atoms with Gasteiger partial charge in [0.25, 0.3) is 0 Å². The summed E-state index contributed by atoms with van der Waals surface area (Å²) >= 11 is 0. The van der Waals surface area contributed by atoms with E-state index in [-0.39, 0.29) is 0 Å². The number of nitrogens with one attached hydrogen (secondary N) is 1. The molecule has 1 rings (SSSR count). The molecule has 1 heterocycles. The number of hydrogen-bond donors (Lipinski definition) is 1. The van der Waals surface area contributed by atoms with Crippen molar-refractivity contribution in [2.45, 2.75) is 25.8 Å². The van der Waals surface area contributed by atoms with Gasteiger partial charge in [-0.05, 0) is 19.1 Å². The molecule has 0 saturated carbocycles. The predicted molar refractivity (Wildman–Crippen MR) is 68.5 cm³/mol. The van der Waals surface area contributed by atoms with E-state index in [2.05, 4.69) is 24.1 Å². The van der Waals surface area contributed by atoms with Gasteiger partial charge in [-0.1, -0.05) is 6.92 Å². The topological polar surface area (TPSA) is 43.4 Å². The smallest absolute Gasteiger partial charge is 0.140 e. The van der Waals surface area contributed by atoms with Gasteiger partial charge in [0.05, 0.1) is 19.4 Å². The van der Waals surface area contributed by atoms with Gasteiger partial charge in [-0.25, -0.2) is 0 Å². The van der Waals surface area contributed by atoms with Crippen LogP contribution in [-0.4, -0.2) is 38.4 Å². The highest BCUT2D eigenvalue weighted by molar-refractivity contribution is 5.30. The highest BCUT2D eigenvalue weighted by atomic mass is 16.5. The average molecular weight is 238 g/mol. The summed E-state index contributed by atoms with van der Waals surface area (Å²) in [6, 6.07) is 4.16. The van der Waals surface area contributed by atoms with Crippen LogP contribution < -0.4 is 10.1 Å². The third kappa shape index (κ3) is 3.98. The van der Waals surface area contributed by atoms with Crippen molar-refractivity contribution in [3.05, 3.63) is 24.0 Å². The Bertz CT molecular complexity index is 331. The highest BCUT2D eigenvalue weighted by Crippen LogP contribution is 2.25. The number of ether oxygens (including phenoxy) is 2. The van der Waals surface area contributed by atoms with Crippen molar-refractivity contribution in [2.24, 2.45) is 0 Å². The number of aromatic nitrogens is 1. The molecular formula is C13H22N2O2. The van der Waals surface area contributed by atoms with Crippen LogP contribution in [0.3, 0.4) is 0 Å². The molecule has 17 heavy (non-hydrogen) atoms. The van der Waals surface area contributed by atoms with Gasteiger partial charge >= 0.3 is 0 Å². The number of rotatable bonds is 7. The van der Waals surface area contributed by atoms with Gasteiger partial charge in [-0.15, -0.1) is 0 Å². The molecule has 0 saturated heterocycles. The second-order valence-corrected chi connectivity index (χ2v) is 4.12. The molecule has 0 amide bonds. The van der Waals surface area contributed by atoms with Crippen LogP contribution in [0.5, 0.6) is 5.75 Å². The second kappa shape index (κ2) is 7.25. The van der Waals surface area contributed by atoms with E-state index in [0.29, 0.717) is 12.0 Å². The van der Waals surface area contributed by atoms with Crippen molar-refractivity contribution < 1.29 is 9.47 Å². The Hall–Kier alpha value is -1.13. The lowest BCUT2D eigenvalue weighted by atomic mass is 9.98. The summed E-state index contributed by atoms with van der Waals surface area (Å²) in [5.74, 6) is 1.14. The molecular weight excluding hydrogens is 216 g/mol. The zero-order valence-corrected chi connectivity index (χ0v) is 11.1. The fourth-order valence-electron chi connectivity index (χ4n) is 1.72. The molecule has 0 radical (unpaired) electrons. The van der Waals surface area contributed by atoms with Crippen molar-refractivity contribution in [3.63, 3.8) is 0 Å². The Balaban J connectivity index is 2.64. The maximum Gasteiger partial charge on any atom is 0.140 e. The molecule has 2 unspecified atom stereocenters. The quantitative estimate of drug-likeness (QED) is 0.736. The standard InChI is InChI=1S/C13H22N2O2/c1-10(11(2)14-8-9-16-3)13-12(17-4)6-5-7-15-13/h5-7,10-11,14H,8-9H2,1-4H3. The molecule has 4 heteroatoms. The lowest BCUT2D eigenvalue weighted by molar-refractivity contribution is 0.195. The van der Waals surface area contributed by atoms with E-state index in [0.717, 1.165) is 24.6 Å². The van der Waals surface area contributed by atoms with Crippen molar-refractivity contribution >= 4 is 0 Å². The summed E-state index contributed by atoms with van der Waals surface area (Å²) in [7, 11) is 3.38. The summed E-state index contributed by atoms with van der Waals surface area (Å²) in [6.45, 7) is 5.86. The minimum Gasteiger partial charge on any atom is -0.495 e. The van der Waals surface area contributed by atoms with Crippen LogP contribution in [0, 0.1) is 0 Å². The van der Waals surface area contributed by atoms with Gasteiger partial charge < -0.3 is 14.8 Å². The zero-order valence-electron chi connectivity index (χ0n) is 11.1. The van der Waals surface area contributed by atoms with Gasteiger partial charge in [-0.3, -0.25) is 4.98 Å². The maximum atomic E-state index is 5.33. The summed E-state index contributed by atoms with van der Waals surface area (Å²) in [4.78, 5) is 4.40. The summed E-state index contributed by atoms with van der Waals surface area (Å²) in [5, 5.41) is 3.41. The molecule has 1 aromatic heterocycles. The SMILES string of the molecule is COCCNC(C)C(C)c1ncccc1OC. The largest absolute Gasteiger partial charge is 0.495 e. The molecule has 0 aromatic carbocycles. The summed E-state index contributed by atoms with van der Waals surface area (Å²) in [5.41, 5.74) is 0.993. The van der Waals surface area contributed by atoms with Crippen molar-refractivity contribution in [2.75, 3.05) is 27.4 Å². The molecule has 1 aromatic rings. The Labute approximate surface area is 103 Å². The zero-order chi connectivity index (χ0) is 12.7. The van der Waals surface area contributed by atoms with E-state index in [4.69, 9.17) is 9.47 Å². The van der Waals surface area contributed by atoms with E-state index in [1.165, 1.54) is 0 Å². The predicted octanol–water partition coefficient (Wildman–Crippen LogP) is 1.82. The van der Waals surface area contributed by atoms with Gasteiger partial charge in [0.15, 0.2) is 0 Å². The molecule has 0 bridgehead atoms. The monoisotopic (exact) mass is 238 g/mol. The summed E-state index contributed by atoms with van der Waals surface area (Å²) in [6.07, 6.45) is 1.80. The Morgan fingerprint density at radius 2 is 2.12 bits per heavy atom. The van der Waals surface area contributed by atoms with E-state index in [1.54, 1.807) is 20.4 Å². The lowest BCUT2D eigenvalue weighted by Gasteiger charge is -2.22. The summed E-state index contributed by atoms with van der Waals surface area (Å²) < 4.78 is 10.3. The first-order valence-corrected chi connectivity index (χ1v) is 5.92. The molecule has 0 aliphatic carbocycles. The molecule has 0 aliphatic heterocycles. The normalized spacial score (nSPS) is 14.4. The first kappa shape index (κ1) is 13.9. The fourth-order valence-corrected chi connectivity index (χ4v) is 1.72. The minimum atomic E-state index is 0.294. The van der Waals surface area contributed by atoms with Crippen LogP contribution in [0.4, 0.5) is 0 Å². The number of methoxy groups -OCH3 is 2. The molecule has 0 aliphatic rings. The van der Waals surface area contributed by atoms with Crippen LogP contribution in [0.15, 0.2) is 18.3 Å². The van der Waals surface area contributed by atoms with Crippen LogP contribution >= 0.6 is 0 Å². The molecule has 96 valence electrons. The van der Waals surface area contributed by atoms with Crippen molar-refractivity contribution in [1.29, 1.82) is 0 Å². The van der Waals surface area contributed by atoms with Crippen molar-refractivity contribution in [1.82, 2.24) is 10.3 Å². The van der Waals surface area contributed by atoms with Crippen LogP contribution in [-0.2, 0) is 4.74 Å². The molecule has 0 fully saturated rings. The van der Waals surface area contributed by atoms with Crippen LogP contribution in [0.25, 0.3) is 0 Å². The van der Waals surface area contributed by atoms with Crippen molar-refractivity contribution in [3.8, 4) is 5.75 Å². The third-order valence-electron chi connectivity index (χ3n) is 2.97. The Morgan fingerprint density at radius 3 is 2.76 bits per heavy atom. The number of hydrogen-bond acceptors (Lipinski definition) is 4. The molecule has 2 atom stereocenters. The highest BCUT2D eigenvalue weighted by Gasteiger charge is 2.18. The van der Waals surface area contributed by atoms with Crippen LogP contribution in [0.2, 0.25) is 0 Å². The van der Waals surface area contributed by atoms with E-state index >= 15 is 0 Å². The molecule has 0 spiro atoms. The van der Waals surface area contributed by atoms with Gasteiger partial charge in [0.2, 0.25) is 0 Å². The number of pyridine rings is 1. The fraction of sp³-hybridized carbons (Fsp3) is 0.615. The van der Waals surface area contributed by atoms with Crippen LogP contribution in [0.1, 0.15) is 25.5 Å². The minimum absolute atomic E-state index is 0.294. The molecule has 4 nitrogen and oxygen atoms in total. The van der Waals surface area contributed by atoms with E-state index in [9.17, 15) is 0 Å². The average Bonchev–Trinajstić information content (AvgIpc) is 2.38. The Morgan fingerprint density at radius 1 is 1.35 bits per heavy atom. The second-order valence-electron chi connectivity index (χ2n) is 4.12. The van der Waals surface area contributed by atoms with E-state index in [1.807, 2.05) is 12.1 Å². The third-order valence-corrected chi connectivity index (χ3v) is 2.97. The van der Waals surface area contributed by atoms with E-state index < -0.39 is 0 Å².